The Morgan fingerprint density at radius 3 is 2.56 bits per heavy atom. The molecule has 0 unspecified atom stereocenters. The molecule has 0 aromatic heterocycles. The van der Waals surface area contributed by atoms with Crippen LogP contribution < -0.4 is 14.8 Å². The smallest absolute Gasteiger partial charge is 0.339 e. The zero-order valence-corrected chi connectivity index (χ0v) is 23.8. The van der Waals surface area contributed by atoms with Gasteiger partial charge in [0.2, 0.25) is 5.91 Å². The largest absolute Gasteiger partial charge is 0.490 e. The molecule has 11 heteroatoms. The first-order chi connectivity index (χ1) is 18.6. The van der Waals surface area contributed by atoms with Crippen LogP contribution in [0.5, 0.6) is 11.5 Å². The van der Waals surface area contributed by atoms with Gasteiger partial charge in [-0.2, -0.15) is 0 Å². The molecule has 0 aliphatic carbocycles. The monoisotopic (exact) mass is 574 g/mol. The molecule has 0 atom stereocenters. The number of halogens is 1. The number of benzene rings is 2. The van der Waals surface area contributed by atoms with Gasteiger partial charge in [0.05, 0.1) is 34.8 Å². The first-order valence-electron chi connectivity index (χ1n) is 12.6. The van der Waals surface area contributed by atoms with E-state index >= 15 is 0 Å². The molecule has 0 radical (unpaired) electrons. The number of anilines is 1. The minimum absolute atomic E-state index is 0.0446. The van der Waals surface area contributed by atoms with Gasteiger partial charge < -0.3 is 19.5 Å². The number of rotatable bonds is 12. The van der Waals surface area contributed by atoms with Gasteiger partial charge in [0, 0.05) is 5.69 Å². The molecule has 9 nitrogen and oxygen atoms in total. The molecule has 1 saturated heterocycles. The van der Waals surface area contributed by atoms with Gasteiger partial charge in [0.15, 0.2) is 11.5 Å². The van der Waals surface area contributed by atoms with Gasteiger partial charge in [-0.3, -0.25) is 19.3 Å². The van der Waals surface area contributed by atoms with E-state index in [4.69, 9.17) is 25.8 Å². The van der Waals surface area contributed by atoms with Crippen molar-refractivity contribution in [1.29, 1.82) is 0 Å². The van der Waals surface area contributed by atoms with E-state index in [1.54, 1.807) is 24.3 Å². The van der Waals surface area contributed by atoms with Crippen LogP contribution in [0.3, 0.4) is 0 Å². The molecule has 2 aromatic rings. The molecule has 3 amide bonds. The predicted molar refractivity (Wildman–Crippen MR) is 151 cm³/mol. The topological polar surface area (TPSA) is 111 Å². The quantitative estimate of drug-likeness (QED) is 0.182. The highest BCUT2D eigenvalue weighted by atomic mass is 35.5. The van der Waals surface area contributed by atoms with Crippen molar-refractivity contribution in [2.45, 2.75) is 46.6 Å². The fourth-order valence-corrected chi connectivity index (χ4v) is 4.55. The molecule has 0 saturated carbocycles. The number of carbonyl (C=O) groups is 4. The van der Waals surface area contributed by atoms with Gasteiger partial charge >= 0.3 is 5.97 Å². The second kappa shape index (κ2) is 14.0. The molecule has 1 fully saturated rings. The molecular formula is C28H31ClN2O7S. The van der Waals surface area contributed by atoms with Crippen LogP contribution in [0.15, 0.2) is 41.3 Å². The molecule has 39 heavy (non-hydrogen) atoms. The van der Waals surface area contributed by atoms with Gasteiger partial charge in [0.1, 0.15) is 6.54 Å². The van der Waals surface area contributed by atoms with Crippen molar-refractivity contribution in [3.05, 3.63) is 57.5 Å². The fourth-order valence-electron chi connectivity index (χ4n) is 3.51. The van der Waals surface area contributed by atoms with Gasteiger partial charge in [-0.15, -0.1) is 0 Å². The standard InChI is InChI=1S/C28H31ClN2O7S/c1-5-7-12-37-27(34)20-15-19(9-10-21(20)29)30-25(32)16-31-26(33)24(39-28(31)35)14-18-8-11-22(38-17(3)4)23(13-18)36-6-2/h8-11,13-15,17H,5-7,12,16H2,1-4H3,(H,30,32)/b24-14+. The van der Waals surface area contributed by atoms with Crippen LogP contribution in [0.2, 0.25) is 5.02 Å². The average Bonchev–Trinajstić information content (AvgIpc) is 3.13. The third kappa shape index (κ3) is 8.24. The number of imide groups is 1. The Morgan fingerprint density at radius 2 is 1.87 bits per heavy atom. The number of esters is 1. The third-order valence-electron chi connectivity index (χ3n) is 5.30. The Bertz CT molecular complexity index is 1280. The molecular weight excluding hydrogens is 544 g/mol. The maximum atomic E-state index is 12.9. The van der Waals surface area contributed by atoms with Crippen molar-refractivity contribution in [3.8, 4) is 11.5 Å². The lowest BCUT2D eigenvalue weighted by Crippen LogP contribution is -2.36. The summed E-state index contributed by atoms with van der Waals surface area (Å²) in [5.74, 6) is -0.697. The van der Waals surface area contributed by atoms with E-state index < -0.39 is 29.6 Å². The zero-order chi connectivity index (χ0) is 28.5. The van der Waals surface area contributed by atoms with E-state index in [2.05, 4.69) is 5.32 Å². The van der Waals surface area contributed by atoms with Crippen molar-refractivity contribution in [2.75, 3.05) is 25.1 Å². The number of ether oxygens (including phenoxy) is 3. The summed E-state index contributed by atoms with van der Waals surface area (Å²) in [5.41, 5.74) is 1.03. The van der Waals surface area contributed by atoms with Crippen LogP contribution in [0.1, 0.15) is 56.5 Å². The van der Waals surface area contributed by atoms with E-state index in [0.29, 0.717) is 23.7 Å². The minimum atomic E-state index is -0.611. The summed E-state index contributed by atoms with van der Waals surface area (Å²) in [4.78, 5) is 51.5. The van der Waals surface area contributed by atoms with Gasteiger partial charge in [-0.1, -0.05) is 31.0 Å². The second-order valence-corrected chi connectivity index (χ2v) is 10.2. The van der Waals surface area contributed by atoms with Gasteiger partial charge in [0.25, 0.3) is 11.1 Å². The molecule has 3 rings (SSSR count). The predicted octanol–water partition coefficient (Wildman–Crippen LogP) is 6.16. The van der Waals surface area contributed by atoms with Crippen molar-refractivity contribution < 1.29 is 33.4 Å². The van der Waals surface area contributed by atoms with Crippen LogP contribution in [0.4, 0.5) is 10.5 Å². The van der Waals surface area contributed by atoms with E-state index in [9.17, 15) is 19.2 Å². The maximum Gasteiger partial charge on any atom is 0.339 e. The Balaban J connectivity index is 1.69. The van der Waals surface area contributed by atoms with Crippen LogP contribution in [0, 0.1) is 0 Å². The van der Waals surface area contributed by atoms with E-state index in [-0.39, 0.29) is 33.9 Å². The van der Waals surface area contributed by atoms with Crippen LogP contribution in [0.25, 0.3) is 6.08 Å². The van der Waals surface area contributed by atoms with E-state index in [1.165, 1.54) is 18.2 Å². The first kappa shape index (κ1) is 30.0. The summed E-state index contributed by atoms with van der Waals surface area (Å²) in [6.45, 7) is 7.84. The summed E-state index contributed by atoms with van der Waals surface area (Å²) in [7, 11) is 0. The van der Waals surface area contributed by atoms with Gasteiger partial charge in [-0.25, -0.2) is 4.79 Å². The van der Waals surface area contributed by atoms with Crippen molar-refractivity contribution in [1.82, 2.24) is 4.90 Å². The summed E-state index contributed by atoms with van der Waals surface area (Å²) >= 11 is 6.87. The molecule has 1 heterocycles. The van der Waals surface area contributed by atoms with Crippen LogP contribution in [-0.4, -0.2) is 53.8 Å². The number of hydrogen-bond donors (Lipinski definition) is 1. The summed E-state index contributed by atoms with van der Waals surface area (Å²) < 4.78 is 16.6. The number of hydrogen-bond acceptors (Lipinski definition) is 8. The minimum Gasteiger partial charge on any atom is -0.490 e. The maximum absolute atomic E-state index is 12.9. The normalized spacial score (nSPS) is 14.2. The first-order valence-corrected chi connectivity index (χ1v) is 13.8. The Hall–Kier alpha value is -3.50. The summed E-state index contributed by atoms with van der Waals surface area (Å²) in [6.07, 6.45) is 3.11. The van der Waals surface area contributed by atoms with Crippen molar-refractivity contribution in [2.24, 2.45) is 0 Å². The lowest BCUT2D eigenvalue weighted by molar-refractivity contribution is -0.127. The number of unbranched alkanes of at least 4 members (excludes halogenated alkanes) is 1. The molecule has 1 N–H and O–H groups in total. The van der Waals surface area contributed by atoms with Crippen molar-refractivity contribution in [3.63, 3.8) is 0 Å². The molecule has 1 aliphatic heterocycles. The molecule has 0 bridgehead atoms. The number of thioether (sulfide) groups is 1. The number of amides is 3. The highest BCUT2D eigenvalue weighted by Crippen LogP contribution is 2.35. The Morgan fingerprint density at radius 1 is 1.10 bits per heavy atom. The molecule has 0 spiro atoms. The number of carbonyl (C=O) groups excluding carboxylic acids is 4. The van der Waals surface area contributed by atoms with Crippen LogP contribution >= 0.6 is 23.4 Å². The van der Waals surface area contributed by atoms with Crippen molar-refractivity contribution >= 4 is 58.1 Å². The average molecular weight is 575 g/mol. The van der Waals surface area contributed by atoms with Crippen LogP contribution in [-0.2, 0) is 14.3 Å². The highest BCUT2D eigenvalue weighted by Gasteiger charge is 2.36. The van der Waals surface area contributed by atoms with E-state index in [0.717, 1.165) is 29.5 Å². The second-order valence-electron chi connectivity index (χ2n) is 8.81. The summed E-state index contributed by atoms with van der Waals surface area (Å²) in [5, 5.41) is 2.21. The Kier molecular flexibility index (Phi) is 10.8. The molecule has 208 valence electrons. The molecule has 2 aromatic carbocycles. The SMILES string of the molecule is CCCCOC(=O)c1cc(NC(=O)CN2C(=O)S/C(=C/c3ccc(OC(C)C)c(OCC)c3)C2=O)ccc1Cl. The fraction of sp³-hybridized carbons (Fsp3) is 0.357. The lowest BCUT2D eigenvalue weighted by Gasteiger charge is -2.15. The zero-order valence-electron chi connectivity index (χ0n) is 22.2. The Labute approximate surface area is 236 Å². The molecule has 1 aliphatic rings. The van der Waals surface area contributed by atoms with Gasteiger partial charge in [-0.05, 0) is 80.9 Å². The number of nitrogens with zero attached hydrogens (tertiary/aromatic N) is 1. The van der Waals surface area contributed by atoms with E-state index in [1.807, 2.05) is 27.7 Å². The lowest BCUT2D eigenvalue weighted by atomic mass is 10.1. The highest BCUT2D eigenvalue weighted by molar-refractivity contribution is 8.18. The number of nitrogens with one attached hydrogen (secondary N) is 1. The third-order valence-corrected chi connectivity index (χ3v) is 6.54. The summed E-state index contributed by atoms with van der Waals surface area (Å²) in [6, 6.07) is 9.60.